The van der Waals surface area contributed by atoms with Gasteiger partial charge in [0.2, 0.25) is 5.91 Å². The van der Waals surface area contributed by atoms with Gasteiger partial charge in [-0.05, 0) is 6.92 Å². The fourth-order valence-electron chi connectivity index (χ4n) is 1.92. The van der Waals surface area contributed by atoms with E-state index in [9.17, 15) is 13.2 Å². The molecule has 106 valence electrons. The number of likely N-dealkylation sites (N-methyl/N-ethyl adjacent to an activating group) is 1. The first-order valence-electron chi connectivity index (χ1n) is 6.30. The predicted molar refractivity (Wildman–Crippen MR) is 71.3 cm³/mol. The zero-order chi connectivity index (χ0) is 13.6. The maximum absolute atomic E-state index is 11.4. The fraction of sp³-hybridized carbons (Fsp3) is 0.909. The Balaban J connectivity index is 2.22. The summed E-state index contributed by atoms with van der Waals surface area (Å²) in [6, 6.07) is 0. The van der Waals surface area contributed by atoms with Crippen molar-refractivity contribution in [2.24, 2.45) is 0 Å². The lowest BCUT2D eigenvalue weighted by Crippen LogP contribution is -2.50. The first kappa shape index (κ1) is 15.4. The summed E-state index contributed by atoms with van der Waals surface area (Å²) in [5.74, 6) is 0.269. The molecule has 0 aromatic carbocycles. The van der Waals surface area contributed by atoms with Gasteiger partial charge in [-0.1, -0.05) is 0 Å². The second kappa shape index (κ2) is 7.06. The third-order valence-corrected chi connectivity index (χ3v) is 3.91. The van der Waals surface area contributed by atoms with E-state index in [0.717, 1.165) is 26.2 Å². The molecule has 6 nitrogen and oxygen atoms in total. The van der Waals surface area contributed by atoms with Crippen molar-refractivity contribution in [2.45, 2.75) is 6.92 Å². The molecule has 0 aliphatic carbocycles. The van der Waals surface area contributed by atoms with Gasteiger partial charge in [0.15, 0.2) is 0 Å². The number of piperazine rings is 1. The summed E-state index contributed by atoms with van der Waals surface area (Å²) in [7, 11) is -2.88. The molecule has 1 aliphatic rings. The van der Waals surface area contributed by atoms with Crippen LogP contribution in [-0.2, 0) is 14.6 Å². The number of nitrogens with zero attached hydrogens (tertiary/aromatic N) is 2. The maximum Gasteiger partial charge on any atom is 0.234 e. The Morgan fingerprint density at radius 1 is 1.17 bits per heavy atom. The van der Waals surface area contributed by atoms with Crippen molar-refractivity contribution >= 4 is 15.7 Å². The van der Waals surface area contributed by atoms with Crippen molar-refractivity contribution in [2.75, 3.05) is 57.8 Å². The SMILES string of the molecule is CCNC(=O)CN1CCN(CCS(C)(=O)=O)CC1. The minimum absolute atomic E-state index is 0.0575. The lowest BCUT2D eigenvalue weighted by molar-refractivity contribution is -0.122. The van der Waals surface area contributed by atoms with Crippen LogP contribution in [0.1, 0.15) is 6.92 Å². The van der Waals surface area contributed by atoms with Crippen LogP contribution >= 0.6 is 0 Å². The first-order chi connectivity index (χ1) is 8.40. The number of nitrogens with one attached hydrogen (secondary N) is 1. The Kier molecular flexibility index (Phi) is 6.04. The Morgan fingerprint density at radius 2 is 1.72 bits per heavy atom. The molecule has 0 unspecified atom stereocenters. The van der Waals surface area contributed by atoms with E-state index < -0.39 is 9.84 Å². The highest BCUT2D eigenvalue weighted by Crippen LogP contribution is 2.01. The van der Waals surface area contributed by atoms with Gasteiger partial charge in [0.05, 0.1) is 12.3 Å². The van der Waals surface area contributed by atoms with Crippen LogP contribution in [0.25, 0.3) is 0 Å². The summed E-state index contributed by atoms with van der Waals surface area (Å²) in [5.41, 5.74) is 0. The Labute approximate surface area is 109 Å². The minimum Gasteiger partial charge on any atom is -0.355 e. The minimum atomic E-state index is -2.88. The number of carbonyl (C=O) groups is 1. The first-order valence-corrected chi connectivity index (χ1v) is 8.36. The second-order valence-corrected chi connectivity index (χ2v) is 6.96. The van der Waals surface area contributed by atoms with Crippen molar-refractivity contribution in [1.82, 2.24) is 15.1 Å². The van der Waals surface area contributed by atoms with E-state index in [1.807, 2.05) is 6.92 Å². The van der Waals surface area contributed by atoms with E-state index in [0.29, 0.717) is 19.6 Å². The maximum atomic E-state index is 11.4. The molecule has 0 radical (unpaired) electrons. The lowest BCUT2D eigenvalue weighted by Gasteiger charge is -2.34. The zero-order valence-electron chi connectivity index (χ0n) is 11.2. The molecular formula is C11H23N3O3S. The summed E-state index contributed by atoms with van der Waals surface area (Å²) < 4.78 is 22.1. The average Bonchev–Trinajstić information content (AvgIpc) is 2.27. The lowest BCUT2D eigenvalue weighted by atomic mass is 10.3. The average molecular weight is 277 g/mol. The molecule has 1 amide bonds. The number of hydrogen-bond acceptors (Lipinski definition) is 5. The molecule has 1 rings (SSSR count). The second-order valence-electron chi connectivity index (χ2n) is 4.70. The quantitative estimate of drug-likeness (QED) is 0.659. The van der Waals surface area contributed by atoms with E-state index in [2.05, 4.69) is 15.1 Å². The molecule has 1 fully saturated rings. The van der Waals surface area contributed by atoms with Crippen LogP contribution in [0.4, 0.5) is 0 Å². The van der Waals surface area contributed by atoms with Gasteiger partial charge < -0.3 is 5.32 Å². The third kappa shape index (κ3) is 6.32. The molecular weight excluding hydrogens is 254 g/mol. The molecule has 0 spiro atoms. The number of rotatable bonds is 6. The monoisotopic (exact) mass is 277 g/mol. The molecule has 7 heteroatoms. The highest BCUT2D eigenvalue weighted by Gasteiger charge is 2.19. The zero-order valence-corrected chi connectivity index (χ0v) is 12.0. The topological polar surface area (TPSA) is 69.7 Å². The van der Waals surface area contributed by atoms with Gasteiger partial charge >= 0.3 is 0 Å². The molecule has 18 heavy (non-hydrogen) atoms. The van der Waals surface area contributed by atoms with Crippen LogP contribution in [0.5, 0.6) is 0 Å². The Morgan fingerprint density at radius 3 is 2.22 bits per heavy atom. The van der Waals surface area contributed by atoms with Crippen molar-refractivity contribution < 1.29 is 13.2 Å². The van der Waals surface area contributed by atoms with Gasteiger partial charge in [0.25, 0.3) is 0 Å². The largest absolute Gasteiger partial charge is 0.355 e. The van der Waals surface area contributed by atoms with Crippen molar-refractivity contribution in [3.8, 4) is 0 Å². The summed E-state index contributed by atoms with van der Waals surface area (Å²) in [6.07, 6.45) is 1.26. The molecule has 0 aromatic heterocycles. The summed E-state index contributed by atoms with van der Waals surface area (Å²) in [5, 5.41) is 2.78. The van der Waals surface area contributed by atoms with Gasteiger partial charge in [-0.2, -0.15) is 0 Å². The van der Waals surface area contributed by atoms with Gasteiger partial charge in [-0.25, -0.2) is 8.42 Å². The molecule has 0 saturated carbocycles. The molecule has 1 heterocycles. The molecule has 0 aromatic rings. The number of sulfone groups is 1. The van der Waals surface area contributed by atoms with Gasteiger partial charge in [-0.3, -0.25) is 14.6 Å². The smallest absolute Gasteiger partial charge is 0.234 e. The van der Waals surface area contributed by atoms with Crippen LogP contribution in [0.15, 0.2) is 0 Å². The van der Waals surface area contributed by atoms with Gasteiger partial charge in [-0.15, -0.1) is 0 Å². The molecule has 0 bridgehead atoms. The van der Waals surface area contributed by atoms with E-state index in [4.69, 9.17) is 0 Å². The van der Waals surface area contributed by atoms with E-state index in [-0.39, 0.29) is 11.7 Å². The standard InChI is InChI=1S/C11H23N3O3S/c1-3-12-11(15)10-14-6-4-13(5-7-14)8-9-18(2,16)17/h3-10H2,1-2H3,(H,12,15). The van der Waals surface area contributed by atoms with Crippen molar-refractivity contribution in [3.05, 3.63) is 0 Å². The fourth-order valence-corrected chi connectivity index (χ4v) is 2.51. The van der Waals surface area contributed by atoms with Crippen molar-refractivity contribution in [3.63, 3.8) is 0 Å². The van der Waals surface area contributed by atoms with Gasteiger partial charge in [0, 0.05) is 45.5 Å². The molecule has 1 aliphatic heterocycles. The van der Waals surface area contributed by atoms with Crippen molar-refractivity contribution in [1.29, 1.82) is 0 Å². The highest BCUT2D eigenvalue weighted by molar-refractivity contribution is 7.90. The summed E-state index contributed by atoms with van der Waals surface area (Å²) in [6.45, 7) is 6.89. The van der Waals surface area contributed by atoms with Crippen LogP contribution in [0, 0.1) is 0 Å². The molecule has 0 atom stereocenters. The van der Waals surface area contributed by atoms with Crippen LogP contribution in [-0.4, -0.2) is 81.9 Å². The van der Waals surface area contributed by atoms with E-state index in [1.54, 1.807) is 0 Å². The number of hydrogen-bond donors (Lipinski definition) is 1. The number of carbonyl (C=O) groups excluding carboxylic acids is 1. The predicted octanol–water partition coefficient (Wildman–Crippen LogP) is -1.22. The normalized spacial score (nSPS) is 18.8. The highest BCUT2D eigenvalue weighted by atomic mass is 32.2. The van der Waals surface area contributed by atoms with Crippen LogP contribution in [0.3, 0.4) is 0 Å². The van der Waals surface area contributed by atoms with E-state index >= 15 is 0 Å². The third-order valence-electron chi connectivity index (χ3n) is 2.98. The molecule has 1 saturated heterocycles. The number of amides is 1. The van der Waals surface area contributed by atoms with E-state index in [1.165, 1.54) is 6.26 Å². The van der Waals surface area contributed by atoms with Crippen LogP contribution in [0.2, 0.25) is 0 Å². The van der Waals surface area contributed by atoms with Crippen LogP contribution < -0.4 is 5.32 Å². The Hall–Kier alpha value is -0.660. The Bertz CT molecular complexity index is 362. The molecule has 1 N–H and O–H groups in total. The summed E-state index contributed by atoms with van der Waals surface area (Å²) in [4.78, 5) is 15.6. The van der Waals surface area contributed by atoms with Gasteiger partial charge in [0.1, 0.15) is 9.84 Å². The summed E-state index contributed by atoms with van der Waals surface area (Å²) >= 11 is 0.